The van der Waals surface area contributed by atoms with Gasteiger partial charge in [-0.15, -0.1) is 0 Å². The quantitative estimate of drug-likeness (QED) is 0.918. The molecular formula is C14H17ClN2O2. The molecule has 1 saturated heterocycles. The van der Waals surface area contributed by atoms with Crippen LogP contribution in [0.15, 0.2) is 24.3 Å². The van der Waals surface area contributed by atoms with Crippen LogP contribution in [0.1, 0.15) is 19.4 Å². The standard InChI is InChI=1S/C14H17ClN2O2/c1-9(2)13-14(19)17(8-12(18)16-13)7-10-5-3-4-6-11(10)15/h3-6,9,13H,7-8H2,1-2H3,(H,16,18). The minimum absolute atomic E-state index is 0.0467. The van der Waals surface area contributed by atoms with Crippen molar-refractivity contribution in [2.45, 2.75) is 26.4 Å². The fourth-order valence-corrected chi connectivity index (χ4v) is 2.34. The summed E-state index contributed by atoms with van der Waals surface area (Å²) in [6.45, 7) is 4.30. The third kappa shape index (κ3) is 3.07. The van der Waals surface area contributed by atoms with Crippen molar-refractivity contribution in [3.63, 3.8) is 0 Å². The van der Waals surface area contributed by atoms with Gasteiger partial charge in [-0.1, -0.05) is 43.6 Å². The van der Waals surface area contributed by atoms with Crippen molar-refractivity contribution < 1.29 is 9.59 Å². The Morgan fingerprint density at radius 1 is 1.37 bits per heavy atom. The van der Waals surface area contributed by atoms with Gasteiger partial charge in [-0.3, -0.25) is 9.59 Å². The second-order valence-electron chi connectivity index (χ2n) is 5.07. The Labute approximate surface area is 117 Å². The van der Waals surface area contributed by atoms with Crippen molar-refractivity contribution in [1.29, 1.82) is 0 Å². The molecule has 1 unspecified atom stereocenters. The number of hydrogen-bond donors (Lipinski definition) is 1. The van der Waals surface area contributed by atoms with Crippen molar-refractivity contribution in [3.8, 4) is 0 Å². The summed E-state index contributed by atoms with van der Waals surface area (Å²) in [7, 11) is 0. The predicted molar refractivity (Wildman–Crippen MR) is 73.6 cm³/mol. The average Bonchev–Trinajstić information content (AvgIpc) is 2.35. The Morgan fingerprint density at radius 2 is 2.05 bits per heavy atom. The van der Waals surface area contributed by atoms with Crippen LogP contribution < -0.4 is 5.32 Å². The van der Waals surface area contributed by atoms with Gasteiger partial charge in [-0.25, -0.2) is 0 Å². The molecule has 0 spiro atoms. The third-order valence-electron chi connectivity index (χ3n) is 3.21. The molecule has 102 valence electrons. The molecule has 2 amide bonds. The number of hydrogen-bond acceptors (Lipinski definition) is 2. The minimum Gasteiger partial charge on any atom is -0.343 e. The SMILES string of the molecule is CC(C)C1NC(=O)CN(Cc2ccccc2Cl)C1=O. The van der Waals surface area contributed by atoms with Crippen molar-refractivity contribution in [2.75, 3.05) is 6.54 Å². The number of amides is 2. The molecule has 0 radical (unpaired) electrons. The maximum absolute atomic E-state index is 12.3. The Balaban J connectivity index is 2.17. The van der Waals surface area contributed by atoms with Crippen LogP contribution in [0.2, 0.25) is 5.02 Å². The maximum atomic E-state index is 12.3. The van der Waals surface area contributed by atoms with Gasteiger partial charge in [0, 0.05) is 11.6 Å². The van der Waals surface area contributed by atoms with Crippen LogP contribution in [-0.4, -0.2) is 29.3 Å². The van der Waals surface area contributed by atoms with Gasteiger partial charge in [0.15, 0.2) is 0 Å². The monoisotopic (exact) mass is 280 g/mol. The zero-order valence-electron chi connectivity index (χ0n) is 11.0. The van der Waals surface area contributed by atoms with E-state index in [0.29, 0.717) is 11.6 Å². The summed E-state index contributed by atoms with van der Waals surface area (Å²) >= 11 is 6.09. The molecule has 0 bridgehead atoms. The van der Waals surface area contributed by atoms with E-state index in [9.17, 15) is 9.59 Å². The lowest BCUT2D eigenvalue weighted by atomic mass is 10.0. The van der Waals surface area contributed by atoms with Gasteiger partial charge in [0.05, 0.1) is 6.54 Å². The van der Waals surface area contributed by atoms with E-state index >= 15 is 0 Å². The first-order valence-electron chi connectivity index (χ1n) is 6.30. The molecule has 1 N–H and O–H groups in total. The molecule has 5 heteroatoms. The van der Waals surface area contributed by atoms with E-state index < -0.39 is 6.04 Å². The van der Waals surface area contributed by atoms with Crippen LogP contribution in [-0.2, 0) is 16.1 Å². The molecule has 0 saturated carbocycles. The second-order valence-corrected chi connectivity index (χ2v) is 5.48. The second kappa shape index (κ2) is 5.61. The predicted octanol–water partition coefficient (Wildman–Crippen LogP) is 1.82. The van der Waals surface area contributed by atoms with Gasteiger partial charge < -0.3 is 10.2 Å². The summed E-state index contributed by atoms with van der Waals surface area (Å²) in [4.78, 5) is 25.5. The molecule has 19 heavy (non-hydrogen) atoms. The largest absolute Gasteiger partial charge is 0.343 e. The molecule has 1 aliphatic rings. The lowest BCUT2D eigenvalue weighted by molar-refractivity contribution is -0.146. The highest BCUT2D eigenvalue weighted by molar-refractivity contribution is 6.31. The maximum Gasteiger partial charge on any atom is 0.246 e. The van der Waals surface area contributed by atoms with Crippen LogP contribution in [0.3, 0.4) is 0 Å². The van der Waals surface area contributed by atoms with Crippen LogP contribution in [0.4, 0.5) is 0 Å². The number of benzene rings is 1. The van der Waals surface area contributed by atoms with E-state index in [4.69, 9.17) is 11.6 Å². The van der Waals surface area contributed by atoms with E-state index in [2.05, 4.69) is 5.32 Å². The van der Waals surface area contributed by atoms with Gasteiger partial charge >= 0.3 is 0 Å². The highest BCUT2D eigenvalue weighted by Crippen LogP contribution is 2.19. The number of carbonyl (C=O) groups excluding carboxylic acids is 2. The Bertz CT molecular complexity index is 502. The zero-order chi connectivity index (χ0) is 14.0. The molecule has 1 fully saturated rings. The Hall–Kier alpha value is -1.55. The van der Waals surface area contributed by atoms with E-state index in [1.54, 1.807) is 11.0 Å². The van der Waals surface area contributed by atoms with Gasteiger partial charge in [-0.2, -0.15) is 0 Å². The first kappa shape index (κ1) is 13.9. The lowest BCUT2D eigenvalue weighted by Crippen LogP contribution is -2.59. The van der Waals surface area contributed by atoms with Crippen LogP contribution in [0.25, 0.3) is 0 Å². The van der Waals surface area contributed by atoms with Gasteiger partial charge in [0.2, 0.25) is 11.8 Å². The number of piperazine rings is 1. The van der Waals surface area contributed by atoms with E-state index in [0.717, 1.165) is 5.56 Å². The molecule has 4 nitrogen and oxygen atoms in total. The zero-order valence-corrected chi connectivity index (χ0v) is 11.8. The number of nitrogens with one attached hydrogen (secondary N) is 1. The first-order valence-corrected chi connectivity index (χ1v) is 6.68. The summed E-state index contributed by atoms with van der Waals surface area (Å²) in [5.74, 6) is -0.0923. The summed E-state index contributed by atoms with van der Waals surface area (Å²) in [6, 6.07) is 6.92. The van der Waals surface area contributed by atoms with Crippen molar-refractivity contribution in [3.05, 3.63) is 34.9 Å². The molecule has 1 atom stereocenters. The highest BCUT2D eigenvalue weighted by Gasteiger charge is 2.34. The Kier molecular flexibility index (Phi) is 4.10. The number of nitrogens with zero attached hydrogens (tertiary/aromatic N) is 1. The average molecular weight is 281 g/mol. The van der Waals surface area contributed by atoms with Gasteiger partial charge in [0.1, 0.15) is 6.04 Å². The first-order chi connectivity index (χ1) is 8.99. The summed E-state index contributed by atoms with van der Waals surface area (Å²) in [5.41, 5.74) is 0.856. The summed E-state index contributed by atoms with van der Waals surface area (Å²) < 4.78 is 0. The molecule has 1 heterocycles. The Morgan fingerprint density at radius 3 is 2.68 bits per heavy atom. The van der Waals surface area contributed by atoms with Gasteiger partial charge in [0.25, 0.3) is 0 Å². The minimum atomic E-state index is -0.441. The van der Waals surface area contributed by atoms with E-state index in [1.165, 1.54) is 0 Å². The topological polar surface area (TPSA) is 49.4 Å². The lowest BCUT2D eigenvalue weighted by Gasteiger charge is -2.34. The fraction of sp³-hybridized carbons (Fsp3) is 0.429. The molecule has 0 aromatic heterocycles. The number of rotatable bonds is 3. The molecule has 1 aromatic rings. The summed E-state index contributed by atoms with van der Waals surface area (Å²) in [6.07, 6.45) is 0. The van der Waals surface area contributed by atoms with Crippen molar-refractivity contribution in [1.82, 2.24) is 10.2 Å². The molecule has 1 aliphatic heterocycles. The molecule has 2 rings (SSSR count). The fourth-order valence-electron chi connectivity index (χ4n) is 2.15. The number of carbonyl (C=O) groups is 2. The smallest absolute Gasteiger partial charge is 0.246 e. The summed E-state index contributed by atoms with van der Waals surface area (Å²) in [5, 5.41) is 3.35. The molecule has 0 aliphatic carbocycles. The normalized spacial score (nSPS) is 19.8. The van der Waals surface area contributed by atoms with E-state index in [-0.39, 0.29) is 24.3 Å². The van der Waals surface area contributed by atoms with E-state index in [1.807, 2.05) is 32.0 Å². The van der Waals surface area contributed by atoms with Crippen molar-refractivity contribution >= 4 is 23.4 Å². The molecule has 1 aromatic carbocycles. The van der Waals surface area contributed by atoms with Crippen LogP contribution >= 0.6 is 11.6 Å². The van der Waals surface area contributed by atoms with Crippen LogP contribution in [0.5, 0.6) is 0 Å². The molecular weight excluding hydrogens is 264 g/mol. The third-order valence-corrected chi connectivity index (χ3v) is 3.58. The van der Waals surface area contributed by atoms with Crippen LogP contribution in [0, 0.1) is 5.92 Å². The van der Waals surface area contributed by atoms with Gasteiger partial charge in [-0.05, 0) is 17.5 Å². The highest BCUT2D eigenvalue weighted by atomic mass is 35.5. The van der Waals surface area contributed by atoms with Crippen molar-refractivity contribution in [2.24, 2.45) is 5.92 Å². The number of halogens is 1.